The Morgan fingerprint density at radius 3 is 2.16 bits per heavy atom. The fraction of sp³-hybridized carbons (Fsp3) is 0.875. The van der Waals surface area contributed by atoms with E-state index in [1.165, 1.54) is 12.5 Å². The van der Waals surface area contributed by atoms with Gasteiger partial charge in [0.1, 0.15) is 11.5 Å². The number of carbonyl (C=O) groups is 2. The average Bonchev–Trinajstić information content (AvgIpc) is 3.22. The molecule has 0 aromatic carbocycles. The molecule has 0 saturated heterocycles. The van der Waals surface area contributed by atoms with Gasteiger partial charge in [-0.3, -0.25) is 9.59 Å². The van der Waals surface area contributed by atoms with Crippen LogP contribution in [0, 0.1) is 56.7 Å². The third kappa shape index (κ3) is 3.37. The zero-order chi connectivity index (χ0) is 27.2. The Balaban J connectivity index is 1.54. The maximum Gasteiger partial charge on any atom is 0.313 e. The van der Waals surface area contributed by atoms with Crippen LogP contribution in [0.5, 0.6) is 0 Å². The van der Waals surface area contributed by atoms with Crippen LogP contribution in [0.3, 0.4) is 0 Å². The van der Waals surface area contributed by atoms with Gasteiger partial charge in [0.05, 0.1) is 0 Å². The number of carboxylic acid groups (broad SMARTS) is 1. The van der Waals surface area contributed by atoms with Crippen LogP contribution in [0.2, 0.25) is 0 Å². The summed E-state index contributed by atoms with van der Waals surface area (Å²) in [5.41, 5.74) is 0.457. The number of carboxylic acids is 1. The molecule has 0 unspecified atom stereocenters. The number of hydrogen-bond acceptors (Lipinski definition) is 4. The number of aliphatic hydroxyl groups excluding tert-OH is 1. The number of hydrogen-bond donors (Lipinski definition) is 2. The Morgan fingerprint density at radius 1 is 0.865 bits per heavy atom. The van der Waals surface area contributed by atoms with E-state index in [4.69, 9.17) is 4.74 Å². The highest BCUT2D eigenvalue weighted by Gasteiger charge is 2.72. The molecular formula is C32H50O5. The van der Waals surface area contributed by atoms with Crippen LogP contribution in [-0.2, 0) is 14.3 Å². The first-order valence-corrected chi connectivity index (χ1v) is 14.9. The highest BCUT2D eigenvalue weighted by atomic mass is 16.5. The van der Waals surface area contributed by atoms with Gasteiger partial charge in [-0.15, -0.1) is 0 Å². The summed E-state index contributed by atoms with van der Waals surface area (Å²) >= 11 is 0. The first kappa shape index (κ1) is 27.2. The molecule has 37 heavy (non-hydrogen) atoms. The zero-order valence-electron chi connectivity index (χ0n) is 24.1. The Labute approximate surface area is 223 Å². The zero-order valence-corrected chi connectivity index (χ0v) is 24.1. The summed E-state index contributed by atoms with van der Waals surface area (Å²) in [4.78, 5) is 24.8. The monoisotopic (exact) mass is 514 g/mol. The van der Waals surface area contributed by atoms with E-state index in [1.54, 1.807) is 0 Å². The van der Waals surface area contributed by atoms with Crippen molar-refractivity contribution in [2.24, 2.45) is 56.7 Å². The minimum absolute atomic E-state index is 0.0106. The summed E-state index contributed by atoms with van der Waals surface area (Å²) in [7, 11) is 0. The van der Waals surface area contributed by atoms with E-state index in [9.17, 15) is 19.8 Å². The molecule has 0 radical (unpaired) electrons. The van der Waals surface area contributed by atoms with E-state index in [0.717, 1.165) is 57.8 Å². The Hall–Kier alpha value is -1.36. The number of ether oxygens (including phenoxy) is 1. The lowest BCUT2D eigenvalue weighted by Crippen LogP contribution is -2.68. The number of rotatable bonds is 4. The lowest BCUT2D eigenvalue weighted by molar-refractivity contribution is -0.254. The second-order valence-electron chi connectivity index (χ2n) is 14.9. The minimum atomic E-state index is -1.06. The predicted octanol–water partition coefficient (Wildman–Crippen LogP) is 6.63. The third-order valence-electron chi connectivity index (χ3n) is 13.9. The lowest BCUT2D eigenvalue weighted by Gasteiger charge is -2.72. The van der Waals surface area contributed by atoms with Crippen molar-refractivity contribution < 1.29 is 24.5 Å². The molecule has 0 aliphatic heterocycles. The summed E-state index contributed by atoms with van der Waals surface area (Å²) in [6.45, 7) is 17.6. The highest BCUT2D eigenvalue weighted by molar-refractivity contribution is 5.77. The second-order valence-corrected chi connectivity index (χ2v) is 14.9. The van der Waals surface area contributed by atoms with Crippen molar-refractivity contribution in [2.45, 2.75) is 112 Å². The lowest BCUT2D eigenvalue weighted by atomic mass is 9.32. The number of fused-ring (bicyclic) bond motifs is 7. The molecule has 0 aromatic rings. The van der Waals surface area contributed by atoms with Crippen LogP contribution in [0.1, 0.15) is 106 Å². The maximum absolute atomic E-state index is 12.9. The van der Waals surface area contributed by atoms with Crippen molar-refractivity contribution in [1.82, 2.24) is 0 Å². The van der Waals surface area contributed by atoms with Crippen molar-refractivity contribution >= 4 is 11.9 Å². The Bertz CT molecular complexity index is 990. The number of allylic oxidation sites excluding steroid dienone is 1. The molecular weight excluding hydrogens is 464 g/mol. The number of carbonyl (C=O) groups excluding carboxylic acids is 1. The minimum Gasteiger partial charge on any atom is -0.481 e. The first-order valence-electron chi connectivity index (χ1n) is 14.9. The van der Waals surface area contributed by atoms with Crippen LogP contribution < -0.4 is 0 Å². The van der Waals surface area contributed by atoms with Gasteiger partial charge in [-0.2, -0.15) is 0 Å². The van der Waals surface area contributed by atoms with Crippen LogP contribution in [-0.4, -0.2) is 34.9 Å². The molecule has 5 aliphatic carbocycles. The van der Waals surface area contributed by atoms with Gasteiger partial charge in [-0.05, 0) is 129 Å². The van der Waals surface area contributed by atoms with E-state index in [-0.39, 0.29) is 33.5 Å². The van der Waals surface area contributed by atoms with E-state index in [0.29, 0.717) is 36.7 Å². The molecule has 5 heteroatoms. The fourth-order valence-electron chi connectivity index (χ4n) is 11.9. The molecule has 0 amide bonds. The van der Waals surface area contributed by atoms with Gasteiger partial charge < -0.3 is 14.9 Å². The summed E-state index contributed by atoms with van der Waals surface area (Å²) in [6.07, 6.45) is 9.66. The van der Waals surface area contributed by atoms with Crippen molar-refractivity contribution in [3.8, 4) is 0 Å². The third-order valence-corrected chi connectivity index (χ3v) is 13.9. The van der Waals surface area contributed by atoms with Crippen molar-refractivity contribution in [1.29, 1.82) is 0 Å². The molecule has 0 spiro atoms. The molecule has 2 N–H and O–H groups in total. The molecule has 208 valence electrons. The van der Waals surface area contributed by atoms with Crippen molar-refractivity contribution in [2.75, 3.05) is 6.61 Å². The first-order chi connectivity index (χ1) is 17.2. The average molecular weight is 515 g/mol. The molecule has 0 bridgehead atoms. The smallest absolute Gasteiger partial charge is 0.313 e. The summed E-state index contributed by atoms with van der Waals surface area (Å²) in [5, 5.41) is 21.2. The van der Waals surface area contributed by atoms with Gasteiger partial charge in [-0.1, -0.05) is 32.9 Å². The summed E-state index contributed by atoms with van der Waals surface area (Å²) in [5.74, 6) is 0.806. The summed E-state index contributed by atoms with van der Waals surface area (Å²) in [6, 6.07) is 0. The Kier molecular flexibility index (Phi) is 6.30. The molecule has 5 nitrogen and oxygen atoms in total. The largest absolute Gasteiger partial charge is 0.481 e. The van der Waals surface area contributed by atoms with Gasteiger partial charge in [-0.25, -0.2) is 0 Å². The molecule has 5 rings (SSSR count). The molecule has 11 atom stereocenters. The SMILES string of the molecule is C=C(C)[C@@H]1CC[C@]2(CO)CC[C@]3(C)[C@H](CC[C@@H]4[C@@]5(C)CC[C@@H](OC(C)=O)[C@](C)(C(=O)O)[C@@H]5CC[C@]43C)[C@@H]12. The number of aliphatic carboxylic acids is 1. The van der Waals surface area contributed by atoms with Gasteiger partial charge in [0.2, 0.25) is 0 Å². The van der Waals surface area contributed by atoms with Gasteiger partial charge in [0.25, 0.3) is 0 Å². The molecule has 0 aromatic heterocycles. The summed E-state index contributed by atoms with van der Waals surface area (Å²) < 4.78 is 5.68. The quantitative estimate of drug-likeness (QED) is 0.325. The molecule has 5 fully saturated rings. The standard InChI is InChI=1S/C32H50O5/c1-19(2)21-10-15-32(18-33)17-16-29(5)22(26(21)32)8-9-23-28(4)13-12-25(37-20(3)34)31(7,27(35)36)24(28)11-14-30(23,29)6/h21-26,33H,1,8-18H2,2-7H3,(H,35,36)/t21-,22+,23+,24+,25+,26+,28+,29+,30+,31+,32+/m0/s1. The van der Waals surface area contributed by atoms with Crippen LogP contribution in [0.15, 0.2) is 12.2 Å². The maximum atomic E-state index is 12.9. The fourth-order valence-corrected chi connectivity index (χ4v) is 11.9. The van der Waals surface area contributed by atoms with Gasteiger partial charge in [0.15, 0.2) is 0 Å². The molecule has 5 saturated carbocycles. The van der Waals surface area contributed by atoms with Crippen LogP contribution in [0.25, 0.3) is 0 Å². The van der Waals surface area contributed by atoms with Crippen LogP contribution >= 0.6 is 0 Å². The van der Waals surface area contributed by atoms with Crippen molar-refractivity contribution in [3.05, 3.63) is 12.2 Å². The predicted molar refractivity (Wildman–Crippen MR) is 144 cm³/mol. The van der Waals surface area contributed by atoms with Gasteiger partial charge in [0, 0.05) is 13.5 Å². The molecule has 5 aliphatic rings. The Morgan fingerprint density at radius 2 is 1.57 bits per heavy atom. The highest BCUT2D eigenvalue weighted by Crippen LogP contribution is 2.77. The van der Waals surface area contributed by atoms with Gasteiger partial charge >= 0.3 is 11.9 Å². The second kappa shape index (κ2) is 8.57. The molecule has 0 heterocycles. The van der Waals surface area contributed by atoms with E-state index in [2.05, 4.69) is 34.3 Å². The van der Waals surface area contributed by atoms with E-state index >= 15 is 0 Å². The number of esters is 1. The number of aliphatic hydroxyl groups is 1. The van der Waals surface area contributed by atoms with Crippen LogP contribution in [0.4, 0.5) is 0 Å². The topological polar surface area (TPSA) is 83.8 Å². The van der Waals surface area contributed by atoms with Crippen molar-refractivity contribution in [3.63, 3.8) is 0 Å². The van der Waals surface area contributed by atoms with E-state index < -0.39 is 17.5 Å². The normalized spacial score (nSPS) is 52.7. The van der Waals surface area contributed by atoms with E-state index in [1.807, 2.05) is 6.92 Å².